The van der Waals surface area contributed by atoms with Gasteiger partial charge in [0.05, 0.1) is 0 Å². The number of carbonyl (C=O) groups is 2. The molecule has 224 valence electrons. The van der Waals surface area contributed by atoms with E-state index in [2.05, 4.69) is 51.5 Å². The van der Waals surface area contributed by atoms with Gasteiger partial charge in [-0.15, -0.1) is 0 Å². The van der Waals surface area contributed by atoms with Gasteiger partial charge in [-0.25, -0.2) is 9.59 Å². The Bertz CT molecular complexity index is 546. The Morgan fingerprint density at radius 1 is 0.579 bits per heavy atom. The quantitative estimate of drug-likeness (QED) is 0.0668. The van der Waals surface area contributed by atoms with E-state index in [1.165, 1.54) is 115 Å². The number of hydrogen-bond donors (Lipinski definition) is 2. The minimum absolute atomic E-state index is 0.334. The van der Waals surface area contributed by atoms with Crippen LogP contribution in [0.25, 0.3) is 0 Å². The van der Waals surface area contributed by atoms with Gasteiger partial charge in [0.25, 0.3) is 0 Å². The van der Waals surface area contributed by atoms with Gasteiger partial charge in [-0.05, 0) is 25.7 Å². The van der Waals surface area contributed by atoms with Crippen LogP contribution in [0, 0.1) is 0 Å². The van der Waals surface area contributed by atoms with Crippen molar-refractivity contribution in [2.75, 3.05) is 26.3 Å². The van der Waals surface area contributed by atoms with Crippen molar-refractivity contribution in [2.45, 2.75) is 143 Å². The molecule has 0 saturated carbocycles. The van der Waals surface area contributed by atoms with Crippen molar-refractivity contribution in [3.63, 3.8) is 0 Å². The molecule has 0 bridgehead atoms. The summed E-state index contributed by atoms with van der Waals surface area (Å²) in [4.78, 5) is 21.8. The highest BCUT2D eigenvalue weighted by molar-refractivity contribution is 5.81. The second-order valence-electron chi connectivity index (χ2n) is 10.0. The lowest BCUT2D eigenvalue weighted by atomic mass is 10.0. The molecule has 6 nitrogen and oxygen atoms in total. The molecule has 0 rings (SSSR count). The average Bonchev–Trinajstić information content (AvgIpc) is 2.93. The smallest absolute Gasteiger partial charge is 0.330 e. The second-order valence-corrected chi connectivity index (χ2v) is 10.0. The van der Waals surface area contributed by atoms with E-state index in [0.29, 0.717) is 25.3 Å². The van der Waals surface area contributed by atoms with E-state index in [0.717, 1.165) is 13.1 Å². The molecule has 1 unspecified atom stereocenters. The van der Waals surface area contributed by atoms with Gasteiger partial charge in [0, 0.05) is 37.3 Å². The molecule has 1 atom stereocenters. The predicted octanol–water partition coefficient (Wildman–Crippen LogP) is 7.67. The predicted molar refractivity (Wildman–Crippen MR) is 162 cm³/mol. The van der Waals surface area contributed by atoms with Crippen molar-refractivity contribution < 1.29 is 19.1 Å². The third-order valence-corrected chi connectivity index (χ3v) is 6.52. The summed E-state index contributed by atoms with van der Waals surface area (Å²) in [5, 5.41) is 6.99. The Morgan fingerprint density at radius 2 is 0.921 bits per heavy atom. The van der Waals surface area contributed by atoms with Crippen molar-refractivity contribution in [3.8, 4) is 0 Å². The molecule has 0 aliphatic carbocycles. The summed E-state index contributed by atoms with van der Waals surface area (Å²) in [7, 11) is 0. The Morgan fingerprint density at radius 3 is 1.32 bits per heavy atom. The molecule has 6 heteroatoms. The minimum atomic E-state index is -0.342. The Labute approximate surface area is 235 Å². The monoisotopic (exact) mass is 538 g/mol. The third kappa shape index (κ3) is 28.9. The van der Waals surface area contributed by atoms with Gasteiger partial charge in [0.1, 0.15) is 13.2 Å². The van der Waals surface area contributed by atoms with E-state index in [9.17, 15) is 9.59 Å². The van der Waals surface area contributed by atoms with Gasteiger partial charge < -0.3 is 20.1 Å². The van der Waals surface area contributed by atoms with Gasteiger partial charge in [0.15, 0.2) is 0 Å². The average molecular weight is 539 g/mol. The highest BCUT2D eigenvalue weighted by atomic mass is 16.5. The van der Waals surface area contributed by atoms with Crippen LogP contribution in [0.3, 0.4) is 0 Å². The first-order chi connectivity index (χ1) is 18.5. The first-order valence-corrected chi connectivity index (χ1v) is 15.5. The molecule has 0 aromatic carbocycles. The van der Waals surface area contributed by atoms with E-state index in [1.54, 1.807) is 0 Å². The number of esters is 2. The zero-order chi connectivity index (χ0) is 28.7. The van der Waals surface area contributed by atoms with Crippen LogP contribution >= 0.6 is 0 Å². The van der Waals surface area contributed by atoms with Crippen LogP contribution < -0.4 is 10.6 Å². The van der Waals surface area contributed by atoms with Crippen LogP contribution in [0.1, 0.15) is 130 Å². The molecular formula is C32H62N2O4. The Balaban J connectivity index is 0. The number of ether oxygens (including phenoxy) is 2. The van der Waals surface area contributed by atoms with Crippen LogP contribution in [-0.4, -0.2) is 50.3 Å². The highest BCUT2D eigenvalue weighted by Crippen LogP contribution is 2.12. The maximum atomic E-state index is 11.0. The molecule has 0 aliphatic heterocycles. The molecular weight excluding hydrogens is 476 g/mol. The van der Waals surface area contributed by atoms with Crippen molar-refractivity contribution >= 4 is 11.9 Å². The van der Waals surface area contributed by atoms with Gasteiger partial charge >= 0.3 is 11.9 Å². The zero-order valence-corrected chi connectivity index (χ0v) is 25.5. The SMILES string of the molecule is C=CC(=O)OCCNC(CCCC)CCCC.C=CC(=O)OCCNC(CCCCC)CCCCCCC. The maximum Gasteiger partial charge on any atom is 0.330 e. The summed E-state index contributed by atoms with van der Waals surface area (Å²) in [5.41, 5.74) is 0. The van der Waals surface area contributed by atoms with Gasteiger partial charge in [-0.1, -0.05) is 118 Å². The molecule has 38 heavy (non-hydrogen) atoms. The summed E-state index contributed by atoms with van der Waals surface area (Å²) in [6, 6.07) is 1.14. The first-order valence-electron chi connectivity index (χ1n) is 15.5. The van der Waals surface area contributed by atoms with Crippen LogP contribution in [0.4, 0.5) is 0 Å². The largest absolute Gasteiger partial charge is 0.461 e. The van der Waals surface area contributed by atoms with Crippen LogP contribution in [-0.2, 0) is 19.1 Å². The molecule has 0 amide bonds. The molecule has 0 aromatic heterocycles. The maximum absolute atomic E-state index is 11.0. The Kier molecular flexibility index (Phi) is 32.0. The second kappa shape index (κ2) is 31.6. The van der Waals surface area contributed by atoms with E-state index >= 15 is 0 Å². The molecule has 0 aliphatic rings. The number of rotatable bonds is 26. The summed E-state index contributed by atoms with van der Waals surface area (Å²) < 4.78 is 9.94. The molecule has 0 spiro atoms. The Hall–Kier alpha value is -1.66. The molecule has 0 heterocycles. The lowest BCUT2D eigenvalue weighted by Gasteiger charge is -2.18. The fourth-order valence-corrected chi connectivity index (χ4v) is 4.18. The van der Waals surface area contributed by atoms with E-state index in [-0.39, 0.29) is 11.9 Å². The van der Waals surface area contributed by atoms with Crippen molar-refractivity contribution in [1.29, 1.82) is 0 Å². The summed E-state index contributed by atoms with van der Waals surface area (Å²) in [6.07, 6.45) is 22.8. The van der Waals surface area contributed by atoms with E-state index in [1.807, 2.05) is 0 Å². The van der Waals surface area contributed by atoms with Crippen molar-refractivity contribution in [2.24, 2.45) is 0 Å². The number of hydrogen-bond acceptors (Lipinski definition) is 6. The molecule has 0 aromatic rings. The molecule has 0 fully saturated rings. The highest BCUT2D eigenvalue weighted by Gasteiger charge is 2.08. The van der Waals surface area contributed by atoms with Gasteiger partial charge in [0.2, 0.25) is 0 Å². The first kappa shape index (κ1) is 38.5. The van der Waals surface area contributed by atoms with Crippen molar-refractivity contribution in [3.05, 3.63) is 25.3 Å². The van der Waals surface area contributed by atoms with E-state index in [4.69, 9.17) is 9.47 Å². The zero-order valence-electron chi connectivity index (χ0n) is 25.5. The van der Waals surface area contributed by atoms with Crippen LogP contribution in [0.2, 0.25) is 0 Å². The van der Waals surface area contributed by atoms with Gasteiger partial charge in [-0.2, -0.15) is 0 Å². The summed E-state index contributed by atoms with van der Waals surface area (Å²) in [5.74, 6) is -0.677. The topological polar surface area (TPSA) is 76.7 Å². The fourth-order valence-electron chi connectivity index (χ4n) is 4.18. The number of nitrogens with one attached hydrogen (secondary N) is 2. The minimum Gasteiger partial charge on any atom is -0.461 e. The molecule has 2 N–H and O–H groups in total. The standard InChI is InChI=1S/C18H35NO2.C14H27NO2/c1-4-7-9-10-12-14-17(13-11-8-5-2)19-15-16-21-18(20)6-3;1-4-7-9-13(10-8-5-2)15-11-12-17-14(16)6-3/h6,17,19H,3-5,7-16H2,1-2H3;6,13,15H,3-5,7-12H2,1-2H3. The lowest BCUT2D eigenvalue weighted by Crippen LogP contribution is -2.32. The van der Waals surface area contributed by atoms with Gasteiger partial charge in [-0.3, -0.25) is 0 Å². The van der Waals surface area contributed by atoms with Crippen molar-refractivity contribution in [1.82, 2.24) is 10.6 Å². The molecule has 0 saturated heterocycles. The normalized spacial score (nSPS) is 11.4. The molecule has 0 radical (unpaired) electrons. The number of carbonyl (C=O) groups excluding carboxylic acids is 2. The summed E-state index contributed by atoms with van der Waals surface area (Å²) >= 11 is 0. The summed E-state index contributed by atoms with van der Waals surface area (Å²) in [6.45, 7) is 18.0. The third-order valence-electron chi connectivity index (χ3n) is 6.52. The van der Waals surface area contributed by atoms with E-state index < -0.39 is 0 Å². The fraction of sp³-hybridized carbons (Fsp3) is 0.812. The lowest BCUT2D eigenvalue weighted by molar-refractivity contribution is -0.138. The number of unbranched alkanes of at least 4 members (excludes halogenated alkanes) is 8. The van der Waals surface area contributed by atoms with Crippen LogP contribution in [0.5, 0.6) is 0 Å². The van der Waals surface area contributed by atoms with Crippen LogP contribution in [0.15, 0.2) is 25.3 Å².